The molecule has 3 atom stereocenters. The van der Waals surface area contributed by atoms with Crippen LogP contribution in [-0.4, -0.2) is 48.7 Å². The van der Waals surface area contributed by atoms with Crippen LogP contribution in [0, 0.1) is 0 Å². The second kappa shape index (κ2) is 17.2. The van der Waals surface area contributed by atoms with Gasteiger partial charge in [0.25, 0.3) is 0 Å². The summed E-state index contributed by atoms with van der Waals surface area (Å²) in [6, 6.07) is 24.0. The first-order valence-corrected chi connectivity index (χ1v) is 16.8. The number of carbonyl (C=O) groups excluding carboxylic acids is 2. The van der Waals surface area contributed by atoms with E-state index in [9.17, 15) is 14.7 Å². The van der Waals surface area contributed by atoms with Gasteiger partial charge in [-0.1, -0.05) is 91.0 Å². The second-order valence-electron chi connectivity index (χ2n) is 11.5. The number of hydroxylamine groups is 1. The fraction of sp³-hybridized carbons (Fsp3) is 0.371. The minimum absolute atomic E-state index is 0.00853. The number of nitrogens with one attached hydrogen (secondary N) is 2. The first-order chi connectivity index (χ1) is 22.9. The molecule has 3 aromatic carbocycles. The van der Waals surface area contributed by atoms with Crippen LogP contribution in [0.2, 0.25) is 0 Å². The molecule has 4 N–H and O–H groups in total. The summed E-state index contributed by atoms with van der Waals surface area (Å²) in [4.78, 5) is 23.6. The molecular weight excluding hydrogens is 618 g/mol. The molecule has 1 aliphatic heterocycles. The highest BCUT2D eigenvalue weighted by Crippen LogP contribution is 2.40. The average molecular weight is 660 g/mol. The minimum atomic E-state index is -0.571. The number of hydrogen-bond donors (Lipinski definition) is 4. The Morgan fingerprint density at radius 1 is 0.936 bits per heavy atom. The van der Waals surface area contributed by atoms with Gasteiger partial charge in [-0.2, -0.15) is 0 Å². The molecule has 3 unspecified atom stereocenters. The van der Waals surface area contributed by atoms with Crippen LogP contribution >= 0.6 is 11.8 Å². The summed E-state index contributed by atoms with van der Waals surface area (Å²) in [5.41, 5.74) is 7.46. The lowest BCUT2D eigenvalue weighted by molar-refractivity contribution is -0.245. The van der Waals surface area contributed by atoms with Gasteiger partial charge in [0.05, 0.1) is 18.8 Å². The third-order valence-corrected chi connectivity index (χ3v) is 9.27. The smallest absolute Gasteiger partial charge is 0.243 e. The lowest BCUT2D eigenvalue weighted by Crippen LogP contribution is -2.31. The topological polar surface area (TPSA) is 148 Å². The quantitative estimate of drug-likeness (QED) is 0.0571. The SMILES string of the molecule is Cn1cnnc1SCC1CC(c2ccc(CO)cc2)OC(c2ccc(-c3ccccc3CNC(=O)CCCCCC(=O)NO)cc2)O1. The molecular formula is C35H41N5O6S. The van der Waals surface area contributed by atoms with Gasteiger partial charge in [-0.3, -0.25) is 14.8 Å². The zero-order valence-electron chi connectivity index (χ0n) is 26.4. The Hall–Kier alpha value is -4.07. The number of aliphatic hydroxyl groups is 1. The van der Waals surface area contributed by atoms with E-state index in [1.807, 2.05) is 84.4 Å². The number of hydrogen-bond acceptors (Lipinski definition) is 9. The highest BCUT2D eigenvalue weighted by molar-refractivity contribution is 7.99. The monoisotopic (exact) mass is 659 g/mol. The summed E-state index contributed by atoms with van der Waals surface area (Å²) in [7, 11) is 1.92. The number of ether oxygens (including phenoxy) is 2. The van der Waals surface area contributed by atoms with Crippen molar-refractivity contribution in [2.75, 3.05) is 5.75 Å². The molecule has 4 aromatic rings. The van der Waals surface area contributed by atoms with Crippen LogP contribution in [0.25, 0.3) is 11.1 Å². The Kier molecular flexibility index (Phi) is 12.5. The number of aliphatic hydroxyl groups excluding tert-OH is 1. The Morgan fingerprint density at radius 3 is 2.36 bits per heavy atom. The number of aryl methyl sites for hydroxylation is 1. The van der Waals surface area contributed by atoms with Crippen LogP contribution in [0.3, 0.4) is 0 Å². The molecule has 1 saturated heterocycles. The number of carbonyl (C=O) groups is 2. The molecule has 47 heavy (non-hydrogen) atoms. The predicted octanol–water partition coefficient (Wildman–Crippen LogP) is 5.38. The van der Waals surface area contributed by atoms with Crippen LogP contribution in [0.4, 0.5) is 0 Å². The molecule has 5 rings (SSSR count). The number of unbranched alkanes of at least 4 members (excludes halogenated alkanes) is 2. The van der Waals surface area contributed by atoms with Crippen molar-refractivity contribution in [2.24, 2.45) is 7.05 Å². The number of aromatic nitrogens is 3. The maximum atomic E-state index is 12.5. The van der Waals surface area contributed by atoms with E-state index >= 15 is 0 Å². The maximum absolute atomic E-state index is 12.5. The molecule has 12 heteroatoms. The van der Waals surface area contributed by atoms with Crippen LogP contribution < -0.4 is 10.8 Å². The van der Waals surface area contributed by atoms with E-state index in [0.717, 1.165) is 45.0 Å². The number of thioether (sulfide) groups is 1. The van der Waals surface area contributed by atoms with Crippen molar-refractivity contribution >= 4 is 23.6 Å². The van der Waals surface area contributed by atoms with Gasteiger partial charge in [-0.25, -0.2) is 5.48 Å². The Labute approximate surface area is 278 Å². The molecule has 0 aliphatic carbocycles. The number of rotatable bonds is 15. The lowest BCUT2D eigenvalue weighted by Gasteiger charge is -2.36. The fourth-order valence-electron chi connectivity index (χ4n) is 5.46. The van der Waals surface area contributed by atoms with Gasteiger partial charge in [0, 0.05) is 44.2 Å². The van der Waals surface area contributed by atoms with Crippen molar-refractivity contribution in [3.63, 3.8) is 0 Å². The van der Waals surface area contributed by atoms with Gasteiger partial charge >= 0.3 is 0 Å². The van der Waals surface area contributed by atoms with E-state index in [0.29, 0.717) is 38.0 Å². The Balaban J connectivity index is 1.23. The van der Waals surface area contributed by atoms with E-state index in [1.165, 1.54) is 0 Å². The Morgan fingerprint density at radius 2 is 1.66 bits per heavy atom. The summed E-state index contributed by atoms with van der Waals surface area (Å²) in [6.07, 6.45) is 4.16. The van der Waals surface area contributed by atoms with Crippen molar-refractivity contribution < 1.29 is 29.4 Å². The van der Waals surface area contributed by atoms with E-state index < -0.39 is 12.2 Å². The van der Waals surface area contributed by atoms with Crippen molar-refractivity contribution in [2.45, 2.75) is 75.3 Å². The van der Waals surface area contributed by atoms with E-state index in [4.69, 9.17) is 14.7 Å². The van der Waals surface area contributed by atoms with Gasteiger partial charge in [0.1, 0.15) is 6.33 Å². The summed E-state index contributed by atoms with van der Waals surface area (Å²) in [5.74, 6) is 0.237. The molecule has 0 radical (unpaired) electrons. The van der Waals surface area contributed by atoms with Gasteiger partial charge < -0.3 is 24.5 Å². The van der Waals surface area contributed by atoms with Crippen LogP contribution in [0.1, 0.15) is 73.2 Å². The van der Waals surface area contributed by atoms with E-state index in [-0.39, 0.29) is 31.1 Å². The van der Waals surface area contributed by atoms with Crippen molar-refractivity contribution in [3.8, 4) is 11.1 Å². The highest BCUT2D eigenvalue weighted by Gasteiger charge is 2.32. The van der Waals surface area contributed by atoms with Crippen molar-refractivity contribution in [1.29, 1.82) is 0 Å². The van der Waals surface area contributed by atoms with E-state index in [2.05, 4.69) is 15.5 Å². The number of benzene rings is 3. The molecule has 0 bridgehead atoms. The largest absolute Gasteiger partial charge is 0.392 e. The van der Waals surface area contributed by atoms with Crippen LogP contribution in [-0.2, 0) is 39.3 Å². The summed E-state index contributed by atoms with van der Waals surface area (Å²) in [5, 5.41) is 30.1. The lowest BCUT2D eigenvalue weighted by atomic mass is 9.97. The molecule has 1 fully saturated rings. The number of amides is 2. The highest BCUT2D eigenvalue weighted by atomic mass is 32.2. The molecule has 2 amide bonds. The van der Waals surface area contributed by atoms with Gasteiger partial charge in [0.15, 0.2) is 11.4 Å². The van der Waals surface area contributed by atoms with Crippen LogP contribution in [0.5, 0.6) is 0 Å². The molecule has 248 valence electrons. The van der Waals surface area contributed by atoms with Gasteiger partial charge in [-0.05, 0) is 40.7 Å². The summed E-state index contributed by atoms with van der Waals surface area (Å²) in [6.45, 7) is 0.394. The fourth-order valence-corrected chi connectivity index (χ4v) is 6.36. The van der Waals surface area contributed by atoms with Crippen molar-refractivity contribution in [1.82, 2.24) is 25.6 Å². The third kappa shape index (κ3) is 9.72. The molecule has 0 saturated carbocycles. The standard InChI is InChI=1S/C35H41N5O6S/c1-40-23-37-38-35(40)47-22-29-19-31(26-13-11-24(21-41)12-14-26)46-34(45-29)27-17-15-25(16-18-27)30-8-6-5-7-28(30)20-36-32(42)9-3-2-4-10-33(43)39-44/h5-8,11-18,23,29,31,34,41,44H,2-4,9-10,19-22H2,1H3,(H,36,42)(H,39,43). The van der Waals surface area contributed by atoms with Crippen LogP contribution in [0.15, 0.2) is 84.3 Å². The van der Waals surface area contributed by atoms with Gasteiger partial charge in [0.2, 0.25) is 11.8 Å². The predicted molar refractivity (Wildman–Crippen MR) is 177 cm³/mol. The molecule has 1 aromatic heterocycles. The normalized spacial score (nSPS) is 17.7. The third-order valence-electron chi connectivity index (χ3n) is 8.10. The zero-order valence-corrected chi connectivity index (χ0v) is 27.2. The molecule has 11 nitrogen and oxygen atoms in total. The first kappa shape index (κ1) is 34.3. The first-order valence-electron chi connectivity index (χ1n) is 15.8. The number of nitrogens with zero attached hydrogens (tertiary/aromatic N) is 3. The van der Waals surface area contributed by atoms with E-state index in [1.54, 1.807) is 23.6 Å². The second-order valence-corrected chi connectivity index (χ2v) is 12.5. The summed E-state index contributed by atoms with van der Waals surface area (Å²) < 4.78 is 14.9. The zero-order chi connectivity index (χ0) is 33.0. The van der Waals surface area contributed by atoms with Gasteiger partial charge in [-0.15, -0.1) is 10.2 Å². The Bertz CT molecular complexity index is 1600. The molecule has 1 aliphatic rings. The maximum Gasteiger partial charge on any atom is 0.243 e. The minimum Gasteiger partial charge on any atom is -0.392 e. The molecule has 0 spiro atoms. The summed E-state index contributed by atoms with van der Waals surface area (Å²) >= 11 is 1.60. The average Bonchev–Trinajstić information content (AvgIpc) is 3.53. The molecule has 2 heterocycles. The van der Waals surface area contributed by atoms with Crippen molar-refractivity contribution in [3.05, 3.63) is 101 Å².